The summed E-state index contributed by atoms with van der Waals surface area (Å²) in [6.07, 6.45) is 1.60. The molecule has 0 atom stereocenters. The molecule has 5 heteroatoms. The van der Waals surface area contributed by atoms with Crippen molar-refractivity contribution in [1.29, 1.82) is 0 Å². The fraction of sp³-hybridized carbons (Fsp3) is 0.500. The van der Waals surface area contributed by atoms with E-state index in [0.717, 1.165) is 5.69 Å². The molecule has 2 N–H and O–H groups in total. The van der Waals surface area contributed by atoms with Gasteiger partial charge in [-0.05, 0) is 0 Å². The molecule has 0 amide bonds. The summed E-state index contributed by atoms with van der Waals surface area (Å²) < 4.78 is 0. The molecule has 0 saturated heterocycles. The molecule has 0 aliphatic rings. The zero-order valence-corrected chi connectivity index (χ0v) is 5.11. The van der Waals surface area contributed by atoms with E-state index in [1.165, 1.54) is 4.80 Å². The molecule has 0 aliphatic carbocycles. The molecule has 0 radical (unpaired) electrons. The van der Waals surface area contributed by atoms with Gasteiger partial charge in [0.1, 0.15) is 12.3 Å². The van der Waals surface area contributed by atoms with Crippen LogP contribution in [0.2, 0.25) is 0 Å². The van der Waals surface area contributed by atoms with Crippen LogP contribution in [0.4, 0.5) is 0 Å². The van der Waals surface area contributed by atoms with E-state index in [1.54, 1.807) is 13.2 Å². The van der Waals surface area contributed by atoms with Gasteiger partial charge < -0.3 is 0 Å². The van der Waals surface area contributed by atoms with Crippen molar-refractivity contribution in [1.82, 2.24) is 15.0 Å². The van der Waals surface area contributed by atoms with Crippen LogP contribution < -0.4 is 5.90 Å². The summed E-state index contributed by atoms with van der Waals surface area (Å²) in [5.74, 6) is 4.79. The Morgan fingerprint density at radius 2 is 2.67 bits per heavy atom. The van der Waals surface area contributed by atoms with Crippen LogP contribution in [0.5, 0.6) is 0 Å². The van der Waals surface area contributed by atoms with Crippen molar-refractivity contribution >= 4 is 0 Å². The second-order valence-corrected chi connectivity index (χ2v) is 1.64. The second-order valence-electron chi connectivity index (χ2n) is 1.64. The Morgan fingerprint density at radius 3 is 3.11 bits per heavy atom. The summed E-state index contributed by atoms with van der Waals surface area (Å²) in [5.41, 5.74) is 0.736. The first-order chi connectivity index (χ1) is 4.33. The molecule has 0 unspecified atom stereocenters. The maximum Gasteiger partial charge on any atom is 0.113 e. The third-order valence-corrected chi connectivity index (χ3v) is 0.878. The first-order valence-corrected chi connectivity index (χ1v) is 2.50. The largest absolute Gasteiger partial charge is 0.298 e. The maximum atomic E-state index is 4.79. The van der Waals surface area contributed by atoms with Crippen LogP contribution in [0.3, 0.4) is 0 Å². The quantitative estimate of drug-likeness (QED) is 0.530. The van der Waals surface area contributed by atoms with Crippen LogP contribution in [0, 0.1) is 0 Å². The Bertz CT molecular complexity index is 184. The van der Waals surface area contributed by atoms with E-state index < -0.39 is 0 Å². The minimum Gasteiger partial charge on any atom is -0.298 e. The van der Waals surface area contributed by atoms with E-state index >= 15 is 0 Å². The average Bonchev–Trinajstić information content (AvgIpc) is 2.17. The third-order valence-electron chi connectivity index (χ3n) is 0.878. The zero-order valence-electron chi connectivity index (χ0n) is 5.11. The van der Waals surface area contributed by atoms with Crippen molar-refractivity contribution < 1.29 is 4.84 Å². The Balaban J connectivity index is 2.61. The van der Waals surface area contributed by atoms with Gasteiger partial charge in [-0.1, -0.05) is 0 Å². The van der Waals surface area contributed by atoms with Crippen LogP contribution in [-0.2, 0) is 18.5 Å². The lowest BCUT2D eigenvalue weighted by Crippen LogP contribution is -2.00. The summed E-state index contributed by atoms with van der Waals surface area (Å²) in [5, 5.41) is 7.71. The first kappa shape index (κ1) is 6.18. The molecule has 50 valence electrons. The number of aromatic nitrogens is 3. The van der Waals surface area contributed by atoms with Gasteiger partial charge in [-0.2, -0.15) is 15.0 Å². The lowest BCUT2D eigenvalue weighted by atomic mass is 10.5. The molecule has 0 bridgehead atoms. The number of hydrogen-bond acceptors (Lipinski definition) is 4. The van der Waals surface area contributed by atoms with Crippen molar-refractivity contribution in [3.8, 4) is 0 Å². The van der Waals surface area contributed by atoms with E-state index in [0.29, 0.717) is 6.61 Å². The van der Waals surface area contributed by atoms with Crippen molar-refractivity contribution in [2.45, 2.75) is 6.61 Å². The third kappa shape index (κ3) is 1.48. The van der Waals surface area contributed by atoms with E-state index in [4.69, 9.17) is 5.90 Å². The zero-order chi connectivity index (χ0) is 6.69. The van der Waals surface area contributed by atoms with Crippen molar-refractivity contribution in [3.63, 3.8) is 0 Å². The van der Waals surface area contributed by atoms with Crippen LogP contribution >= 0.6 is 0 Å². The SMILES string of the molecule is Cn1ncc(CON)n1. The predicted molar refractivity (Wildman–Crippen MR) is 30.0 cm³/mol. The van der Waals surface area contributed by atoms with E-state index in [-0.39, 0.29) is 0 Å². The van der Waals surface area contributed by atoms with E-state index in [2.05, 4.69) is 15.0 Å². The van der Waals surface area contributed by atoms with E-state index in [9.17, 15) is 0 Å². The summed E-state index contributed by atoms with van der Waals surface area (Å²) >= 11 is 0. The first-order valence-electron chi connectivity index (χ1n) is 2.50. The van der Waals surface area contributed by atoms with Crippen molar-refractivity contribution in [2.75, 3.05) is 0 Å². The fourth-order valence-electron chi connectivity index (χ4n) is 0.539. The molecule has 1 heterocycles. The smallest absolute Gasteiger partial charge is 0.113 e. The molecule has 0 fully saturated rings. The lowest BCUT2D eigenvalue weighted by molar-refractivity contribution is 0.121. The van der Waals surface area contributed by atoms with Gasteiger partial charge in [0.15, 0.2) is 0 Å². The highest BCUT2D eigenvalue weighted by molar-refractivity contribution is 4.87. The molecule has 1 aromatic rings. The molecule has 1 aromatic heterocycles. The molecule has 9 heavy (non-hydrogen) atoms. The fourth-order valence-corrected chi connectivity index (χ4v) is 0.539. The number of nitrogens with zero attached hydrogens (tertiary/aromatic N) is 3. The molecular weight excluding hydrogens is 120 g/mol. The molecule has 0 aromatic carbocycles. The minimum atomic E-state index is 0.313. The van der Waals surface area contributed by atoms with Gasteiger partial charge >= 0.3 is 0 Å². The van der Waals surface area contributed by atoms with Gasteiger partial charge in [-0.3, -0.25) is 4.84 Å². The summed E-state index contributed by atoms with van der Waals surface area (Å²) in [7, 11) is 1.74. The topological polar surface area (TPSA) is 66.0 Å². The van der Waals surface area contributed by atoms with Gasteiger partial charge in [-0.15, -0.1) is 0 Å². The van der Waals surface area contributed by atoms with Gasteiger partial charge in [0.05, 0.1) is 6.20 Å². The molecule has 0 spiro atoms. The van der Waals surface area contributed by atoms with Crippen LogP contribution in [-0.4, -0.2) is 15.0 Å². The predicted octanol–water partition coefficient (Wildman–Crippen LogP) is -0.795. The van der Waals surface area contributed by atoms with E-state index in [1.807, 2.05) is 0 Å². The normalized spacial score (nSPS) is 10.0. The van der Waals surface area contributed by atoms with Gasteiger partial charge in [0.25, 0.3) is 0 Å². The monoisotopic (exact) mass is 128 g/mol. The molecule has 1 rings (SSSR count). The summed E-state index contributed by atoms with van der Waals surface area (Å²) in [6.45, 7) is 0.313. The highest BCUT2D eigenvalue weighted by atomic mass is 16.6. The average molecular weight is 128 g/mol. The Morgan fingerprint density at radius 1 is 1.89 bits per heavy atom. The summed E-state index contributed by atoms with van der Waals surface area (Å²) in [4.78, 5) is 5.78. The Kier molecular flexibility index (Phi) is 1.76. The highest BCUT2D eigenvalue weighted by Gasteiger charge is 1.94. The van der Waals surface area contributed by atoms with Crippen LogP contribution in [0.15, 0.2) is 6.20 Å². The molecule has 0 aliphatic heterocycles. The highest BCUT2D eigenvalue weighted by Crippen LogP contribution is 1.89. The number of nitrogens with two attached hydrogens (primary N) is 1. The number of aryl methyl sites for hydroxylation is 1. The number of rotatable bonds is 2. The van der Waals surface area contributed by atoms with Crippen LogP contribution in [0.25, 0.3) is 0 Å². The molecule has 0 saturated carbocycles. The molecular formula is C4H8N4O. The Labute approximate surface area is 52.4 Å². The van der Waals surface area contributed by atoms with Crippen molar-refractivity contribution in [2.24, 2.45) is 12.9 Å². The van der Waals surface area contributed by atoms with Crippen LogP contribution in [0.1, 0.15) is 5.69 Å². The number of hydrogen-bond donors (Lipinski definition) is 1. The van der Waals surface area contributed by atoms with Gasteiger partial charge in [-0.25, -0.2) is 5.90 Å². The van der Waals surface area contributed by atoms with Gasteiger partial charge in [0, 0.05) is 7.05 Å². The second kappa shape index (κ2) is 2.56. The lowest BCUT2D eigenvalue weighted by Gasteiger charge is -1.87. The maximum absolute atomic E-state index is 4.79. The Hall–Kier alpha value is -0.940. The van der Waals surface area contributed by atoms with Crippen molar-refractivity contribution in [3.05, 3.63) is 11.9 Å². The standard InChI is InChI=1S/C4H8N4O/c1-8-6-2-4(7-8)3-9-5/h2H,3,5H2,1H3. The molecule has 5 nitrogen and oxygen atoms in total. The summed E-state index contributed by atoms with van der Waals surface area (Å²) in [6, 6.07) is 0. The minimum absolute atomic E-state index is 0.313. The van der Waals surface area contributed by atoms with Gasteiger partial charge in [0.2, 0.25) is 0 Å².